The Morgan fingerprint density at radius 3 is 1.23 bits per heavy atom. The van der Waals surface area contributed by atoms with E-state index >= 15 is 13.2 Å². The van der Waals surface area contributed by atoms with Gasteiger partial charge in [0.05, 0.1) is 0 Å². The van der Waals surface area contributed by atoms with Crippen molar-refractivity contribution < 1.29 is 66.1 Å². The van der Waals surface area contributed by atoms with Gasteiger partial charge in [-0.25, -0.2) is 13.2 Å². The van der Waals surface area contributed by atoms with Crippen LogP contribution >= 0.6 is 0 Å². The zero-order valence-electron chi connectivity index (χ0n) is 16.2. The third-order valence-corrected chi connectivity index (χ3v) is 5.20. The van der Waals surface area contributed by atoms with Crippen molar-refractivity contribution in [2.24, 2.45) is 0 Å². The lowest BCUT2D eigenvalue weighted by Gasteiger charge is -2.55. The van der Waals surface area contributed by atoms with Gasteiger partial charge in [-0.1, -0.05) is 13.4 Å². The Labute approximate surface area is 184 Å². The van der Waals surface area contributed by atoms with E-state index in [0.29, 0.717) is 0 Å². The van der Waals surface area contributed by atoms with Gasteiger partial charge in [-0.05, 0) is 18.2 Å². The van der Waals surface area contributed by atoms with Crippen LogP contribution in [-0.2, 0) is 0 Å². The molecule has 3 aliphatic heterocycles. The van der Waals surface area contributed by atoms with Crippen molar-refractivity contribution in [2.45, 2.75) is 54.0 Å². The summed E-state index contributed by atoms with van der Waals surface area (Å²) in [6, 6.07) is 0. The van der Waals surface area contributed by atoms with Crippen LogP contribution in [0.3, 0.4) is 0 Å². The fourth-order valence-electron chi connectivity index (χ4n) is 3.18. The zero-order chi connectivity index (χ0) is 27.0. The predicted octanol–water partition coefficient (Wildman–Crippen LogP) is 4.72. The Bertz CT molecular complexity index is 882. The quantitative estimate of drug-likeness (QED) is 0.239. The Morgan fingerprint density at radius 2 is 0.857 bits per heavy atom. The van der Waals surface area contributed by atoms with Crippen LogP contribution in [0.1, 0.15) is 0 Å². The first-order valence-electron chi connectivity index (χ1n) is 8.84. The molecule has 200 valence electrons. The van der Waals surface area contributed by atoms with Crippen LogP contribution in [0.15, 0.2) is 36.8 Å². The van der Waals surface area contributed by atoms with Gasteiger partial charge in [0.25, 0.3) is 0 Å². The molecular weight excluding hydrogens is 535 g/mol. The minimum Gasteiger partial charge on any atom is -0.236 e. The molecule has 20 heteroatoms. The molecule has 35 heavy (non-hydrogen) atoms. The van der Waals surface area contributed by atoms with E-state index in [9.17, 15) is 53.0 Å². The van der Waals surface area contributed by atoms with Crippen LogP contribution < -0.4 is 5.43 Å². The fourth-order valence-corrected chi connectivity index (χ4v) is 3.18. The number of hydrazine groups is 1. The summed E-state index contributed by atoms with van der Waals surface area (Å²) in [5.74, 6) is -37.0. The summed E-state index contributed by atoms with van der Waals surface area (Å²) in [5.41, 5.74) is -0.262. The highest BCUT2D eigenvalue weighted by atomic mass is 19.3. The molecule has 0 spiro atoms. The third kappa shape index (κ3) is 3.20. The first-order chi connectivity index (χ1) is 15.7. The predicted molar refractivity (Wildman–Crippen MR) is 82.3 cm³/mol. The monoisotopic (exact) mass is 545 g/mol. The summed E-state index contributed by atoms with van der Waals surface area (Å²) in [5, 5.41) is -9.11. The van der Waals surface area contributed by atoms with Crippen LogP contribution in [0.2, 0.25) is 0 Å². The van der Waals surface area contributed by atoms with Gasteiger partial charge in [0.1, 0.15) is 0 Å². The van der Waals surface area contributed by atoms with Crippen LogP contribution in [-0.4, -0.2) is 74.4 Å². The summed E-state index contributed by atoms with van der Waals surface area (Å²) in [4.78, 5) is 0. The number of allylic oxidation sites excluding steroid dienone is 3. The van der Waals surface area contributed by atoms with Crippen LogP contribution in [0.4, 0.5) is 66.1 Å². The Balaban J connectivity index is 2.34. The van der Waals surface area contributed by atoms with Crippen molar-refractivity contribution in [3.63, 3.8) is 0 Å². The molecule has 0 saturated heterocycles. The summed E-state index contributed by atoms with van der Waals surface area (Å²) in [6.45, 7) is 0. The molecule has 0 aliphatic carbocycles. The SMILES string of the molecule is FC1C=CN(F)C(F)(NN(C2(F)N(F)C=CC(F)C2(F)F)C2(F)N(F)C=CC(F)C2(F)F)C1(F)F. The van der Waals surface area contributed by atoms with E-state index in [4.69, 9.17) is 0 Å². The van der Waals surface area contributed by atoms with Crippen LogP contribution in [0.25, 0.3) is 0 Å². The average molecular weight is 545 g/mol. The standard InChI is InChI=1S/C15H10F15N5/c16-7-1-4-32(28)13(25,10(7,19)20)31-35(14(26)11(21,22)8(17)2-5-33(14)29)15(27)12(23,24)9(18)3-6-34(15)30/h1-9,31H. The van der Waals surface area contributed by atoms with E-state index < -0.39 is 111 Å². The van der Waals surface area contributed by atoms with Crippen molar-refractivity contribution in [1.29, 1.82) is 0 Å². The van der Waals surface area contributed by atoms with Crippen molar-refractivity contribution >= 4 is 0 Å². The number of nitrogens with one attached hydrogen (secondary N) is 1. The average Bonchev–Trinajstić information content (AvgIpc) is 2.77. The van der Waals surface area contributed by atoms with Gasteiger partial charge >= 0.3 is 35.5 Å². The summed E-state index contributed by atoms with van der Waals surface area (Å²) >= 11 is 0. The van der Waals surface area contributed by atoms with Crippen molar-refractivity contribution in [3.8, 4) is 0 Å². The Morgan fingerprint density at radius 1 is 0.543 bits per heavy atom. The number of hydrogen-bond donors (Lipinski definition) is 1. The lowest BCUT2D eigenvalue weighted by atomic mass is 9.99. The van der Waals surface area contributed by atoms with E-state index in [-0.39, 0.29) is 5.43 Å². The molecule has 0 fully saturated rings. The molecule has 3 heterocycles. The molecule has 0 aromatic carbocycles. The summed E-state index contributed by atoms with van der Waals surface area (Å²) in [7, 11) is 0. The number of hydrogen-bond acceptors (Lipinski definition) is 5. The second-order valence-electron chi connectivity index (χ2n) is 7.28. The van der Waals surface area contributed by atoms with E-state index in [2.05, 4.69) is 0 Å². The number of nitrogens with zero attached hydrogens (tertiary/aromatic N) is 4. The number of halogens is 15. The van der Waals surface area contributed by atoms with Crippen LogP contribution in [0, 0.1) is 0 Å². The molecule has 6 atom stereocenters. The molecule has 0 radical (unpaired) electrons. The maximum atomic E-state index is 15.5. The molecule has 0 saturated carbocycles. The second kappa shape index (κ2) is 7.74. The molecule has 3 rings (SSSR count). The summed E-state index contributed by atoms with van der Waals surface area (Å²) in [6.07, 6.45) is -15.7. The van der Waals surface area contributed by atoms with E-state index in [0.717, 1.165) is 0 Å². The van der Waals surface area contributed by atoms with Crippen molar-refractivity contribution in [2.75, 3.05) is 0 Å². The largest absolute Gasteiger partial charge is 0.351 e. The van der Waals surface area contributed by atoms with Gasteiger partial charge in [-0.2, -0.15) is 60.3 Å². The third-order valence-electron chi connectivity index (χ3n) is 5.20. The normalized spacial score (nSPS) is 42.2. The molecule has 0 aromatic rings. The second-order valence-corrected chi connectivity index (χ2v) is 7.28. The highest BCUT2D eigenvalue weighted by Gasteiger charge is 2.82. The highest BCUT2D eigenvalue weighted by molar-refractivity contribution is 5.18. The molecule has 6 unspecified atom stereocenters. The van der Waals surface area contributed by atoms with Gasteiger partial charge in [0.2, 0.25) is 0 Å². The van der Waals surface area contributed by atoms with E-state index in [1.165, 1.54) is 0 Å². The topological polar surface area (TPSA) is 25.0 Å². The zero-order valence-corrected chi connectivity index (χ0v) is 16.2. The maximum Gasteiger partial charge on any atom is 0.351 e. The van der Waals surface area contributed by atoms with E-state index in [1.807, 2.05) is 0 Å². The smallest absolute Gasteiger partial charge is 0.236 e. The number of alkyl halides is 12. The van der Waals surface area contributed by atoms with Gasteiger partial charge in [0.15, 0.2) is 18.5 Å². The molecular formula is C15H10F15N5. The first kappa shape index (κ1) is 27.1. The first-order valence-corrected chi connectivity index (χ1v) is 8.84. The van der Waals surface area contributed by atoms with Gasteiger partial charge in [-0.3, -0.25) is 0 Å². The molecule has 0 aromatic heterocycles. The van der Waals surface area contributed by atoms with Gasteiger partial charge < -0.3 is 0 Å². The lowest BCUT2D eigenvalue weighted by molar-refractivity contribution is -0.461. The van der Waals surface area contributed by atoms with Gasteiger partial charge in [-0.15, -0.1) is 5.01 Å². The molecule has 3 aliphatic rings. The number of rotatable bonds is 4. The molecule has 0 amide bonds. The summed E-state index contributed by atoms with van der Waals surface area (Å²) < 4.78 is 216. The Kier molecular flexibility index (Phi) is 5.99. The molecule has 1 N–H and O–H groups in total. The lowest BCUT2D eigenvalue weighted by Crippen LogP contribution is -2.86. The van der Waals surface area contributed by atoms with E-state index in [1.54, 1.807) is 0 Å². The minimum atomic E-state index is -6.32. The van der Waals surface area contributed by atoms with Crippen molar-refractivity contribution in [1.82, 2.24) is 25.8 Å². The van der Waals surface area contributed by atoms with Crippen molar-refractivity contribution in [3.05, 3.63) is 36.8 Å². The van der Waals surface area contributed by atoms with Gasteiger partial charge in [0, 0.05) is 18.6 Å². The molecule has 0 bridgehead atoms. The minimum absolute atomic E-state index is 0.262. The Hall–Kier alpha value is -2.51. The molecule has 5 nitrogen and oxygen atoms in total. The van der Waals surface area contributed by atoms with Crippen LogP contribution in [0.5, 0.6) is 0 Å². The fraction of sp³-hybridized carbons (Fsp3) is 0.600. The highest BCUT2D eigenvalue weighted by Crippen LogP contribution is 2.55. The maximum absolute atomic E-state index is 15.5.